The molecule has 0 bridgehead atoms. The molecule has 2 aromatic rings. The lowest BCUT2D eigenvalue weighted by Gasteiger charge is -2.07. The molecule has 0 spiro atoms. The number of hydrogen-bond acceptors (Lipinski definition) is 1. The van der Waals surface area contributed by atoms with E-state index in [1.165, 1.54) is 25.1 Å². The first-order valence-corrected chi connectivity index (χ1v) is 6.53. The maximum atomic E-state index is 13.9. The lowest BCUT2D eigenvalue weighted by Crippen LogP contribution is -2.08. The number of carbonyl (C=O) groups excluding carboxylic acids is 1. The fraction of sp³-hybridized carbons (Fsp3) is 0.0714. The van der Waals surface area contributed by atoms with Gasteiger partial charge in [0.1, 0.15) is 11.6 Å². The summed E-state index contributed by atoms with van der Waals surface area (Å²) < 4.78 is 28.0. The van der Waals surface area contributed by atoms with Gasteiger partial charge in [-0.15, -0.1) is 0 Å². The first-order chi connectivity index (χ1) is 8.91. The Labute approximate surface area is 122 Å². The van der Waals surface area contributed by atoms with Crippen molar-refractivity contribution in [2.45, 2.75) is 6.92 Å². The fourth-order valence-electron chi connectivity index (χ4n) is 1.66. The zero-order chi connectivity index (χ0) is 14.2. The molecule has 0 unspecified atom stereocenters. The van der Waals surface area contributed by atoms with Gasteiger partial charge in [0, 0.05) is 4.47 Å². The topological polar surface area (TPSA) is 17.1 Å². The van der Waals surface area contributed by atoms with Gasteiger partial charge in [-0.05, 0) is 46.6 Å². The van der Waals surface area contributed by atoms with Crippen molar-refractivity contribution >= 4 is 33.3 Å². The van der Waals surface area contributed by atoms with Gasteiger partial charge in [0.25, 0.3) is 0 Å². The number of carbonyl (C=O) groups is 1. The van der Waals surface area contributed by atoms with E-state index in [1.54, 1.807) is 6.07 Å². The fourth-order valence-corrected chi connectivity index (χ4v) is 2.14. The summed E-state index contributed by atoms with van der Waals surface area (Å²) >= 11 is 8.88. The van der Waals surface area contributed by atoms with Gasteiger partial charge >= 0.3 is 0 Å². The minimum Gasteiger partial charge on any atom is -0.288 e. The summed E-state index contributed by atoms with van der Waals surface area (Å²) in [4.78, 5) is 12.1. The van der Waals surface area contributed by atoms with Gasteiger partial charge in [-0.3, -0.25) is 4.79 Å². The van der Waals surface area contributed by atoms with Crippen LogP contribution in [-0.2, 0) is 0 Å². The Bertz CT molecular complexity index is 671. The number of rotatable bonds is 2. The molecule has 0 fully saturated rings. The van der Waals surface area contributed by atoms with Gasteiger partial charge in [0.2, 0.25) is 0 Å². The number of benzene rings is 2. The highest BCUT2D eigenvalue weighted by atomic mass is 79.9. The van der Waals surface area contributed by atoms with Crippen LogP contribution in [0.1, 0.15) is 21.5 Å². The Hall–Kier alpha value is -1.26. The molecule has 1 nitrogen and oxygen atoms in total. The molecule has 19 heavy (non-hydrogen) atoms. The Morgan fingerprint density at radius 3 is 2.58 bits per heavy atom. The lowest BCUT2D eigenvalue weighted by molar-refractivity contribution is 0.103. The van der Waals surface area contributed by atoms with Crippen LogP contribution in [0, 0.1) is 18.6 Å². The summed E-state index contributed by atoms with van der Waals surface area (Å²) in [5.41, 5.74) is -0.0931. The van der Waals surface area contributed by atoms with Crippen molar-refractivity contribution < 1.29 is 13.6 Å². The summed E-state index contributed by atoms with van der Waals surface area (Å²) in [5, 5.41) is 0.192. The van der Waals surface area contributed by atoms with Crippen LogP contribution in [0.2, 0.25) is 5.02 Å². The molecule has 2 aromatic carbocycles. The molecule has 0 aliphatic heterocycles. The van der Waals surface area contributed by atoms with Crippen LogP contribution in [0.25, 0.3) is 0 Å². The number of aryl methyl sites for hydroxylation is 1. The molecule has 0 N–H and O–H groups in total. The predicted molar refractivity (Wildman–Crippen MR) is 73.7 cm³/mol. The van der Waals surface area contributed by atoms with Gasteiger partial charge in [-0.2, -0.15) is 0 Å². The lowest BCUT2D eigenvalue weighted by atomic mass is 10.0. The van der Waals surface area contributed by atoms with Crippen molar-refractivity contribution in [2.24, 2.45) is 0 Å². The smallest absolute Gasteiger partial charge is 0.198 e. The summed E-state index contributed by atoms with van der Waals surface area (Å²) in [6.07, 6.45) is 0. The van der Waals surface area contributed by atoms with Crippen LogP contribution in [0.4, 0.5) is 8.78 Å². The van der Waals surface area contributed by atoms with Gasteiger partial charge in [-0.25, -0.2) is 8.78 Å². The van der Waals surface area contributed by atoms with E-state index < -0.39 is 17.4 Å². The second kappa shape index (κ2) is 5.39. The zero-order valence-electron chi connectivity index (χ0n) is 9.81. The number of halogens is 4. The van der Waals surface area contributed by atoms with Crippen LogP contribution < -0.4 is 0 Å². The van der Waals surface area contributed by atoms with Gasteiger partial charge in [0.15, 0.2) is 5.78 Å². The highest BCUT2D eigenvalue weighted by molar-refractivity contribution is 9.10. The van der Waals surface area contributed by atoms with Crippen molar-refractivity contribution in [1.82, 2.24) is 0 Å². The van der Waals surface area contributed by atoms with Crippen molar-refractivity contribution in [3.63, 3.8) is 0 Å². The molecule has 0 heterocycles. The number of hydrogen-bond donors (Lipinski definition) is 0. The molecule has 0 aliphatic carbocycles. The van der Waals surface area contributed by atoms with Gasteiger partial charge < -0.3 is 0 Å². The van der Waals surface area contributed by atoms with Crippen LogP contribution in [0.15, 0.2) is 34.8 Å². The van der Waals surface area contributed by atoms with E-state index in [2.05, 4.69) is 15.9 Å². The normalized spacial score (nSPS) is 10.6. The Kier molecular flexibility index (Phi) is 4.02. The molecule has 0 aliphatic rings. The summed E-state index contributed by atoms with van der Waals surface area (Å²) in [6, 6.07) is 6.68. The minimum atomic E-state index is -0.748. The van der Waals surface area contributed by atoms with Crippen LogP contribution in [-0.4, -0.2) is 5.78 Å². The molecule has 2 rings (SSSR count). The molecular formula is C14H8BrClF2O. The van der Waals surface area contributed by atoms with E-state index in [0.29, 0.717) is 10.0 Å². The van der Waals surface area contributed by atoms with E-state index >= 15 is 0 Å². The Morgan fingerprint density at radius 2 is 1.89 bits per heavy atom. The van der Waals surface area contributed by atoms with Crippen molar-refractivity contribution in [3.05, 3.63) is 68.2 Å². The SMILES string of the molecule is Cc1cccc(C(=O)c2cc(Cl)c(Br)cc2F)c1F. The third-order valence-corrected chi connectivity index (χ3v) is 3.89. The second-order valence-electron chi connectivity index (χ2n) is 4.01. The van der Waals surface area contributed by atoms with E-state index in [9.17, 15) is 13.6 Å². The molecule has 0 saturated heterocycles. The molecule has 0 saturated carbocycles. The van der Waals surface area contributed by atoms with Gasteiger partial charge in [0.05, 0.1) is 16.1 Å². The minimum absolute atomic E-state index is 0.169. The standard InChI is InChI=1S/C14H8BrClF2O/c1-7-3-2-4-8(13(7)18)14(19)9-5-11(16)10(15)6-12(9)17/h2-6H,1H3. The Morgan fingerprint density at radius 1 is 1.21 bits per heavy atom. The summed E-state index contributed by atoms with van der Waals surface area (Å²) in [6.45, 7) is 1.54. The molecule has 98 valence electrons. The first-order valence-electron chi connectivity index (χ1n) is 5.36. The van der Waals surface area contributed by atoms with Crippen LogP contribution >= 0.6 is 27.5 Å². The summed E-state index contributed by atoms with van der Waals surface area (Å²) in [7, 11) is 0. The van der Waals surface area contributed by atoms with E-state index in [0.717, 1.165) is 6.07 Å². The maximum absolute atomic E-state index is 13.9. The molecule has 0 aromatic heterocycles. The molecule has 5 heteroatoms. The zero-order valence-corrected chi connectivity index (χ0v) is 12.1. The predicted octanol–water partition coefficient (Wildman–Crippen LogP) is 4.92. The highest BCUT2D eigenvalue weighted by Gasteiger charge is 2.20. The Balaban J connectivity index is 2.56. The van der Waals surface area contributed by atoms with E-state index in [1.807, 2.05) is 0 Å². The quantitative estimate of drug-likeness (QED) is 0.558. The van der Waals surface area contributed by atoms with Crippen molar-refractivity contribution in [1.29, 1.82) is 0 Å². The highest BCUT2D eigenvalue weighted by Crippen LogP contribution is 2.27. The molecule has 0 atom stereocenters. The summed E-state index contributed by atoms with van der Waals surface area (Å²) in [5.74, 6) is -2.12. The average Bonchev–Trinajstić information content (AvgIpc) is 2.36. The van der Waals surface area contributed by atoms with E-state index in [-0.39, 0.29) is 16.1 Å². The van der Waals surface area contributed by atoms with Crippen molar-refractivity contribution in [2.75, 3.05) is 0 Å². The molecule has 0 amide bonds. The molecular weight excluding hydrogens is 338 g/mol. The average molecular weight is 346 g/mol. The third-order valence-electron chi connectivity index (χ3n) is 2.69. The third kappa shape index (κ3) is 2.69. The van der Waals surface area contributed by atoms with Crippen LogP contribution in [0.3, 0.4) is 0 Å². The number of ketones is 1. The van der Waals surface area contributed by atoms with Crippen molar-refractivity contribution in [3.8, 4) is 0 Å². The van der Waals surface area contributed by atoms with Gasteiger partial charge in [-0.1, -0.05) is 23.7 Å². The largest absolute Gasteiger partial charge is 0.288 e. The van der Waals surface area contributed by atoms with Crippen LogP contribution in [0.5, 0.6) is 0 Å². The molecule has 0 radical (unpaired) electrons. The first kappa shape index (κ1) is 14.2. The van der Waals surface area contributed by atoms with E-state index in [4.69, 9.17) is 11.6 Å². The maximum Gasteiger partial charge on any atom is 0.198 e. The second-order valence-corrected chi connectivity index (χ2v) is 5.27. The monoisotopic (exact) mass is 344 g/mol.